The van der Waals surface area contributed by atoms with Crippen molar-refractivity contribution in [2.45, 2.75) is 5.75 Å². The third-order valence-electron chi connectivity index (χ3n) is 3.83. The number of carbonyl (C=O) groups is 2. The highest BCUT2D eigenvalue weighted by Crippen LogP contribution is 2.24. The summed E-state index contributed by atoms with van der Waals surface area (Å²) in [7, 11) is 1.33. The van der Waals surface area contributed by atoms with Crippen molar-refractivity contribution in [1.82, 2.24) is 4.57 Å². The molecule has 0 fully saturated rings. The minimum atomic E-state index is -0.452. The Kier molecular flexibility index (Phi) is 5.46. The number of halogens is 1. The summed E-state index contributed by atoms with van der Waals surface area (Å²) in [6.45, 7) is 0. The number of benzene rings is 2. The normalized spacial score (nSPS) is 10.8. The SMILES string of the molecule is COC(=O)c1cn(C(=O)CSCc2ccccc2Cl)c2ccccc12. The van der Waals surface area contributed by atoms with Crippen molar-refractivity contribution in [2.75, 3.05) is 12.9 Å². The smallest absolute Gasteiger partial charge is 0.340 e. The minimum Gasteiger partial charge on any atom is -0.465 e. The van der Waals surface area contributed by atoms with E-state index in [-0.39, 0.29) is 11.7 Å². The maximum absolute atomic E-state index is 12.6. The Morgan fingerprint density at radius 3 is 2.60 bits per heavy atom. The van der Waals surface area contributed by atoms with Crippen LogP contribution in [0.15, 0.2) is 54.7 Å². The van der Waals surface area contributed by atoms with Crippen LogP contribution in [0.3, 0.4) is 0 Å². The summed E-state index contributed by atoms with van der Waals surface area (Å²) >= 11 is 7.62. The van der Waals surface area contributed by atoms with Gasteiger partial charge in [-0.15, -0.1) is 11.8 Å². The van der Waals surface area contributed by atoms with Gasteiger partial charge in [0, 0.05) is 22.4 Å². The molecule has 6 heteroatoms. The fraction of sp³-hybridized carbons (Fsp3) is 0.158. The Hall–Kier alpha value is -2.24. The molecule has 0 saturated heterocycles. The lowest BCUT2D eigenvalue weighted by Crippen LogP contribution is -2.12. The van der Waals surface area contributed by atoms with E-state index in [0.717, 1.165) is 5.56 Å². The van der Waals surface area contributed by atoms with E-state index in [9.17, 15) is 9.59 Å². The van der Waals surface area contributed by atoms with Crippen molar-refractivity contribution in [3.05, 3.63) is 70.9 Å². The Balaban J connectivity index is 1.78. The van der Waals surface area contributed by atoms with Crippen LogP contribution >= 0.6 is 23.4 Å². The predicted molar refractivity (Wildman–Crippen MR) is 102 cm³/mol. The van der Waals surface area contributed by atoms with E-state index in [2.05, 4.69) is 0 Å². The zero-order chi connectivity index (χ0) is 17.8. The number of para-hydroxylation sites is 1. The number of methoxy groups -OCH3 is 1. The van der Waals surface area contributed by atoms with Crippen LogP contribution in [-0.2, 0) is 10.5 Å². The molecule has 3 aromatic rings. The first-order valence-corrected chi connectivity index (χ1v) is 9.18. The molecule has 0 saturated carbocycles. The quantitative estimate of drug-likeness (QED) is 0.610. The van der Waals surface area contributed by atoms with E-state index in [1.807, 2.05) is 48.5 Å². The van der Waals surface area contributed by atoms with Gasteiger partial charge in [-0.05, 0) is 17.7 Å². The number of hydrogen-bond donors (Lipinski definition) is 0. The van der Waals surface area contributed by atoms with Gasteiger partial charge in [-0.1, -0.05) is 48.0 Å². The van der Waals surface area contributed by atoms with E-state index in [1.165, 1.54) is 23.4 Å². The number of hydrogen-bond acceptors (Lipinski definition) is 4. The van der Waals surface area contributed by atoms with Crippen molar-refractivity contribution in [3.8, 4) is 0 Å². The molecule has 0 amide bonds. The lowest BCUT2D eigenvalue weighted by molar-refractivity contribution is 0.0603. The van der Waals surface area contributed by atoms with E-state index >= 15 is 0 Å². The molecule has 3 rings (SSSR count). The van der Waals surface area contributed by atoms with Crippen LogP contribution in [-0.4, -0.2) is 29.3 Å². The first-order chi connectivity index (χ1) is 12.1. The van der Waals surface area contributed by atoms with E-state index < -0.39 is 5.97 Å². The molecule has 1 aromatic heterocycles. The van der Waals surface area contributed by atoms with Gasteiger partial charge < -0.3 is 4.74 Å². The van der Waals surface area contributed by atoms with Crippen LogP contribution in [0.4, 0.5) is 0 Å². The van der Waals surface area contributed by atoms with Gasteiger partial charge in [-0.2, -0.15) is 0 Å². The number of esters is 1. The lowest BCUT2D eigenvalue weighted by Gasteiger charge is -2.05. The Labute approximate surface area is 154 Å². The number of fused-ring (bicyclic) bond motifs is 1. The molecule has 0 bridgehead atoms. The molecule has 1 heterocycles. The highest BCUT2D eigenvalue weighted by atomic mass is 35.5. The van der Waals surface area contributed by atoms with Crippen LogP contribution in [0.25, 0.3) is 10.9 Å². The van der Waals surface area contributed by atoms with Crippen molar-refractivity contribution in [1.29, 1.82) is 0 Å². The molecule has 2 aromatic carbocycles. The number of rotatable bonds is 5. The third kappa shape index (κ3) is 3.72. The number of carbonyl (C=O) groups excluding carboxylic acids is 2. The highest BCUT2D eigenvalue weighted by Gasteiger charge is 2.18. The van der Waals surface area contributed by atoms with Crippen LogP contribution in [0.2, 0.25) is 5.02 Å². The zero-order valence-corrected chi connectivity index (χ0v) is 15.1. The van der Waals surface area contributed by atoms with Crippen molar-refractivity contribution >= 4 is 46.1 Å². The summed E-state index contributed by atoms with van der Waals surface area (Å²) in [5, 5.41) is 1.40. The summed E-state index contributed by atoms with van der Waals surface area (Å²) in [5.41, 5.74) is 2.09. The van der Waals surface area contributed by atoms with Crippen LogP contribution in [0.5, 0.6) is 0 Å². The lowest BCUT2D eigenvalue weighted by atomic mass is 10.2. The van der Waals surface area contributed by atoms with E-state index in [1.54, 1.807) is 6.20 Å². The van der Waals surface area contributed by atoms with Crippen molar-refractivity contribution in [2.24, 2.45) is 0 Å². The summed E-state index contributed by atoms with van der Waals surface area (Å²) in [5.74, 6) is 0.383. The number of nitrogens with zero attached hydrogens (tertiary/aromatic N) is 1. The highest BCUT2D eigenvalue weighted by molar-refractivity contribution is 7.99. The average molecular weight is 374 g/mol. The van der Waals surface area contributed by atoms with Gasteiger partial charge in [0.05, 0.1) is 23.9 Å². The van der Waals surface area contributed by atoms with Gasteiger partial charge >= 0.3 is 5.97 Å². The molecule has 0 N–H and O–H groups in total. The second-order valence-corrected chi connectivity index (χ2v) is 6.79. The van der Waals surface area contributed by atoms with E-state index in [4.69, 9.17) is 16.3 Å². The summed E-state index contributed by atoms with van der Waals surface area (Å²) in [4.78, 5) is 24.5. The second-order valence-electron chi connectivity index (χ2n) is 5.40. The minimum absolute atomic E-state index is 0.0941. The molecule has 0 unspecified atom stereocenters. The fourth-order valence-electron chi connectivity index (χ4n) is 2.59. The maximum Gasteiger partial charge on any atom is 0.340 e. The fourth-order valence-corrected chi connectivity index (χ4v) is 3.76. The molecule has 0 aliphatic rings. The molecule has 128 valence electrons. The molecule has 0 aliphatic heterocycles. The zero-order valence-electron chi connectivity index (χ0n) is 13.6. The molecule has 25 heavy (non-hydrogen) atoms. The summed E-state index contributed by atoms with van der Waals surface area (Å²) in [6.07, 6.45) is 1.55. The van der Waals surface area contributed by atoms with Gasteiger partial charge in [-0.25, -0.2) is 4.79 Å². The summed E-state index contributed by atoms with van der Waals surface area (Å²) in [6, 6.07) is 14.9. The van der Waals surface area contributed by atoms with Gasteiger partial charge in [0.25, 0.3) is 0 Å². The number of thioether (sulfide) groups is 1. The first kappa shape index (κ1) is 17.6. The van der Waals surface area contributed by atoms with Crippen LogP contribution in [0.1, 0.15) is 20.7 Å². The molecular weight excluding hydrogens is 358 g/mol. The van der Waals surface area contributed by atoms with Gasteiger partial charge in [-0.3, -0.25) is 9.36 Å². The molecule has 4 nitrogen and oxygen atoms in total. The van der Waals surface area contributed by atoms with Crippen LogP contribution < -0.4 is 0 Å². The Morgan fingerprint density at radius 1 is 1.12 bits per heavy atom. The first-order valence-electron chi connectivity index (χ1n) is 7.64. The van der Waals surface area contributed by atoms with Gasteiger partial charge in [0.15, 0.2) is 0 Å². The predicted octanol–water partition coefficient (Wildman–Crippen LogP) is 4.65. The monoisotopic (exact) mass is 373 g/mol. The third-order valence-corrected chi connectivity index (χ3v) is 5.16. The Bertz CT molecular complexity index is 935. The topological polar surface area (TPSA) is 48.3 Å². The van der Waals surface area contributed by atoms with Crippen molar-refractivity contribution < 1.29 is 14.3 Å². The molecule has 0 radical (unpaired) electrons. The number of ether oxygens (including phenoxy) is 1. The van der Waals surface area contributed by atoms with Gasteiger partial charge in [0.1, 0.15) is 0 Å². The molecular formula is C19H16ClNO3S. The largest absolute Gasteiger partial charge is 0.465 e. The summed E-state index contributed by atoms with van der Waals surface area (Å²) < 4.78 is 6.32. The molecule has 0 spiro atoms. The number of aromatic nitrogens is 1. The molecule has 0 atom stereocenters. The average Bonchev–Trinajstić information content (AvgIpc) is 3.02. The Morgan fingerprint density at radius 2 is 1.84 bits per heavy atom. The van der Waals surface area contributed by atoms with Gasteiger partial charge in [0.2, 0.25) is 5.91 Å². The standard InChI is InChI=1S/C19H16ClNO3S/c1-24-19(23)15-10-21(17-9-5-3-7-14(15)17)18(22)12-25-11-13-6-2-4-8-16(13)20/h2-10H,11-12H2,1H3. The van der Waals surface area contributed by atoms with E-state index in [0.29, 0.717) is 27.2 Å². The van der Waals surface area contributed by atoms with Crippen LogP contribution in [0, 0.1) is 0 Å². The van der Waals surface area contributed by atoms with Crippen molar-refractivity contribution in [3.63, 3.8) is 0 Å². The molecule has 0 aliphatic carbocycles. The second kappa shape index (κ2) is 7.76. The maximum atomic E-state index is 12.6.